The SMILES string of the molecule is CCCC(CC1(C(=O)NC(COCc2ccccc2)CC(=O)OCC(=O)N2CCCCC2)CCCC1)C(=O)O. The highest BCUT2D eigenvalue weighted by Crippen LogP contribution is 2.44. The van der Waals surface area contributed by atoms with Crippen molar-refractivity contribution >= 4 is 23.8 Å². The number of carbonyl (C=O) groups excluding carboxylic acids is 3. The summed E-state index contributed by atoms with van der Waals surface area (Å²) in [6.45, 7) is 3.39. The first-order valence-corrected chi connectivity index (χ1v) is 14.4. The Kier molecular flexibility index (Phi) is 12.2. The maximum absolute atomic E-state index is 13.7. The molecule has 0 radical (unpaired) electrons. The summed E-state index contributed by atoms with van der Waals surface area (Å²) < 4.78 is 11.2. The average Bonchev–Trinajstić information content (AvgIpc) is 3.42. The molecule has 1 aliphatic carbocycles. The predicted molar refractivity (Wildman–Crippen MR) is 146 cm³/mol. The molecule has 1 heterocycles. The highest BCUT2D eigenvalue weighted by atomic mass is 16.5. The van der Waals surface area contributed by atoms with Crippen LogP contribution in [0.2, 0.25) is 0 Å². The number of piperidine rings is 1. The maximum atomic E-state index is 13.7. The van der Waals surface area contributed by atoms with Crippen molar-refractivity contribution in [1.29, 1.82) is 0 Å². The van der Waals surface area contributed by atoms with E-state index in [1.165, 1.54) is 0 Å². The smallest absolute Gasteiger partial charge is 0.308 e. The largest absolute Gasteiger partial charge is 0.481 e. The number of carbonyl (C=O) groups is 4. The summed E-state index contributed by atoms with van der Waals surface area (Å²) in [6, 6.07) is 8.94. The first-order chi connectivity index (χ1) is 18.8. The van der Waals surface area contributed by atoms with Gasteiger partial charge < -0.3 is 24.8 Å². The van der Waals surface area contributed by atoms with Gasteiger partial charge in [-0.2, -0.15) is 0 Å². The fraction of sp³-hybridized carbons (Fsp3) is 0.667. The molecule has 39 heavy (non-hydrogen) atoms. The number of ether oxygens (including phenoxy) is 2. The second-order valence-corrected chi connectivity index (χ2v) is 11.0. The maximum Gasteiger partial charge on any atom is 0.308 e. The number of carboxylic acid groups (broad SMARTS) is 1. The van der Waals surface area contributed by atoms with Crippen molar-refractivity contribution in [2.75, 3.05) is 26.3 Å². The summed E-state index contributed by atoms with van der Waals surface area (Å²) in [4.78, 5) is 52.4. The third kappa shape index (κ3) is 9.64. The van der Waals surface area contributed by atoms with Crippen LogP contribution in [0.25, 0.3) is 0 Å². The number of hydrogen-bond acceptors (Lipinski definition) is 6. The number of likely N-dealkylation sites (tertiary alicyclic amines) is 1. The molecule has 2 unspecified atom stereocenters. The lowest BCUT2D eigenvalue weighted by Crippen LogP contribution is -2.48. The minimum atomic E-state index is -0.874. The number of nitrogens with zero attached hydrogens (tertiary/aromatic N) is 1. The summed E-state index contributed by atoms with van der Waals surface area (Å²) in [5, 5.41) is 12.7. The topological polar surface area (TPSA) is 122 Å². The average molecular weight is 545 g/mol. The van der Waals surface area contributed by atoms with E-state index in [4.69, 9.17) is 9.47 Å². The van der Waals surface area contributed by atoms with Gasteiger partial charge >= 0.3 is 11.9 Å². The molecule has 0 spiro atoms. The van der Waals surface area contributed by atoms with Crippen LogP contribution < -0.4 is 5.32 Å². The molecule has 1 aliphatic heterocycles. The number of nitrogens with one attached hydrogen (secondary N) is 1. The number of rotatable bonds is 15. The van der Waals surface area contributed by atoms with E-state index in [1.807, 2.05) is 37.3 Å². The van der Waals surface area contributed by atoms with Crippen LogP contribution >= 0.6 is 0 Å². The summed E-state index contributed by atoms with van der Waals surface area (Å²) in [5.74, 6) is -2.47. The first kappa shape index (κ1) is 30.6. The van der Waals surface area contributed by atoms with Gasteiger partial charge in [0.15, 0.2) is 6.61 Å². The Balaban J connectivity index is 1.63. The van der Waals surface area contributed by atoms with Gasteiger partial charge in [0.25, 0.3) is 5.91 Å². The van der Waals surface area contributed by atoms with Crippen LogP contribution in [0, 0.1) is 11.3 Å². The van der Waals surface area contributed by atoms with E-state index in [9.17, 15) is 24.3 Å². The molecule has 1 saturated heterocycles. The van der Waals surface area contributed by atoms with Crippen molar-refractivity contribution in [3.8, 4) is 0 Å². The van der Waals surface area contributed by atoms with Crippen molar-refractivity contribution < 1.29 is 33.8 Å². The summed E-state index contributed by atoms with van der Waals surface area (Å²) in [5.41, 5.74) is 0.192. The van der Waals surface area contributed by atoms with Gasteiger partial charge in [-0.3, -0.25) is 19.2 Å². The molecule has 0 bridgehead atoms. The molecule has 2 atom stereocenters. The fourth-order valence-electron chi connectivity index (χ4n) is 5.73. The number of hydrogen-bond donors (Lipinski definition) is 2. The van der Waals surface area contributed by atoms with Gasteiger partial charge in [-0.25, -0.2) is 0 Å². The van der Waals surface area contributed by atoms with Crippen LogP contribution in [-0.2, 0) is 35.3 Å². The molecule has 2 amide bonds. The normalized spacial score (nSPS) is 18.2. The van der Waals surface area contributed by atoms with Crippen molar-refractivity contribution in [2.45, 2.75) is 90.2 Å². The van der Waals surface area contributed by atoms with Gasteiger partial charge in [0.2, 0.25) is 5.91 Å². The minimum absolute atomic E-state index is 0.0865. The van der Waals surface area contributed by atoms with Gasteiger partial charge in [-0.15, -0.1) is 0 Å². The zero-order valence-corrected chi connectivity index (χ0v) is 23.2. The summed E-state index contributed by atoms with van der Waals surface area (Å²) in [6.07, 6.45) is 7.38. The van der Waals surface area contributed by atoms with E-state index in [0.717, 1.165) is 44.1 Å². The first-order valence-electron chi connectivity index (χ1n) is 14.4. The van der Waals surface area contributed by atoms with Crippen LogP contribution in [0.5, 0.6) is 0 Å². The van der Waals surface area contributed by atoms with E-state index in [2.05, 4.69) is 5.32 Å². The molecule has 9 nitrogen and oxygen atoms in total. The van der Waals surface area contributed by atoms with E-state index in [1.54, 1.807) is 4.90 Å². The van der Waals surface area contributed by atoms with Crippen LogP contribution in [0.1, 0.15) is 83.1 Å². The summed E-state index contributed by atoms with van der Waals surface area (Å²) in [7, 11) is 0. The number of amides is 2. The Morgan fingerprint density at radius 2 is 1.72 bits per heavy atom. The highest BCUT2D eigenvalue weighted by molar-refractivity contribution is 5.85. The Bertz CT molecular complexity index is 940. The predicted octanol–water partition coefficient (Wildman–Crippen LogP) is 4.09. The number of carboxylic acids is 1. The molecule has 0 aromatic heterocycles. The standard InChI is InChI=1S/C30H44N2O7/c1-2-11-24(28(35)36)19-30(14-7-8-15-30)29(37)31-25(21-38-20-23-12-5-3-6-13-23)18-27(34)39-22-26(33)32-16-9-4-10-17-32/h3,5-6,12-13,24-25H,2,4,7-11,14-22H2,1H3,(H,31,37)(H,35,36). The Hall–Kier alpha value is -2.94. The van der Waals surface area contributed by atoms with E-state index < -0.39 is 29.3 Å². The van der Waals surface area contributed by atoms with Crippen LogP contribution in [-0.4, -0.2) is 66.1 Å². The highest BCUT2D eigenvalue weighted by Gasteiger charge is 2.44. The summed E-state index contributed by atoms with van der Waals surface area (Å²) >= 11 is 0. The van der Waals surface area contributed by atoms with Gasteiger partial charge in [-0.1, -0.05) is 56.5 Å². The molecule has 3 rings (SSSR count). The van der Waals surface area contributed by atoms with Crippen molar-refractivity contribution in [2.24, 2.45) is 11.3 Å². The lowest BCUT2D eigenvalue weighted by molar-refractivity contribution is -0.153. The quantitative estimate of drug-likeness (QED) is 0.319. The lowest BCUT2D eigenvalue weighted by atomic mass is 9.75. The van der Waals surface area contributed by atoms with E-state index >= 15 is 0 Å². The number of esters is 1. The van der Waals surface area contributed by atoms with Gasteiger partial charge in [-0.05, 0) is 50.5 Å². The molecule has 1 saturated carbocycles. The monoisotopic (exact) mass is 544 g/mol. The van der Waals surface area contributed by atoms with Gasteiger partial charge in [0.05, 0.1) is 37.0 Å². The molecule has 1 aromatic carbocycles. The zero-order chi connectivity index (χ0) is 28.1. The van der Waals surface area contributed by atoms with Crippen molar-refractivity contribution in [3.63, 3.8) is 0 Å². The molecule has 2 N–H and O–H groups in total. The Labute approximate surface area is 231 Å². The second kappa shape index (κ2) is 15.6. The third-order valence-electron chi connectivity index (χ3n) is 7.91. The van der Waals surface area contributed by atoms with Crippen LogP contribution in [0.15, 0.2) is 30.3 Å². The molecular weight excluding hydrogens is 500 g/mol. The van der Waals surface area contributed by atoms with Crippen molar-refractivity contribution in [1.82, 2.24) is 10.2 Å². The number of aliphatic carboxylic acids is 1. The molecule has 1 aromatic rings. The molecule has 9 heteroatoms. The molecule has 2 aliphatic rings. The Morgan fingerprint density at radius 1 is 1.03 bits per heavy atom. The molecule has 2 fully saturated rings. The van der Waals surface area contributed by atoms with Gasteiger partial charge in [0.1, 0.15) is 0 Å². The van der Waals surface area contributed by atoms with Crippen LogP contribution in [0.4, 0.5) is 0 Å². The lowest BCUT2D eigenvalue weighted by Gasteiger charge is -2.32. The minimum Gasteiger partial charge on any atom is -0.481 e. The molecular formula is C30H44N2O7. The Morgan fingerprint density at radius 3 is 2.36 bits per heavy atom. The van der Waals surface area contributed by atoms with E-state index in [-0.39, 0.29) is 37.9 Å². The van der Waals surface area contributed by atoms with Crippen LogP contribution in [0.3, 0.4) is 0 Å². The molecule has 216 valence electrons. The fourth-order valence-corrected chi connectivity index (χ4v) is 5.73. The number of benzene rings is 1. The van der Waals surface area contributed by atoms with E-state index in [0.29, 0.717) is 39.0 Å². The zero-order valence-electron chi connectivity index (χ0n) is 23.2. The van der Waals surface area contributed by atoms with Gasteiger partial charge in [0, 0.05) is 13.1 Å². The third-order valence-corrected chi connectivity index (χ3v) is 7.91. The van der Waals surface area contributed by atoms with Crippen molar-refractivity contribution in [3.05, 3.63) is 35.9 Å². The second-order valence-electron chi connectivity index (χ2n) is 11.0.